The van der Waals surface area contributed by atoms with Crippen molar-refractivity contribution in [2.45, 2.75) is 58.5 Å². The van der Waals surface area contributed by atoms with E-state index in [4.69, 9.17) is 10.5 Å². The van der Waals surface area contributed by atoms with Crippen LogP contribution >= 0.6 is 11.3 Å². The third-order valence-corrected chi connectivity index (χ3v) is 7.05. The highest BCUT2D eigenvalue weighted by Gasteiger charge is 2.45. The van der Waals surface area contributed by atoms with E-state index in [1.54, 1.807) is 12.1 Å². The summed E-state index contributed by atoms with van der Waals surface area (Å²) in [5.74, 6) is -0.831. The number of fused-ring (bicyclic) bond motifs is 2. The number of ketones is 1. The highest BCUT2D eigenvalue weighted by atomic mass is 32.1. The Morgan fingerprint density at radius 2 is 1.73 bits per heavy atom. The Labute approximate surface area is 197 Å². The number of primary amides is 1. The molecule has 2 aromatic carbocycles. The van der Waals surface area contributed by atoms with Crippen molar-refractivity contribution in [3.05, 3.63) is 64.2 Å². The fraction of sp³-hybridized carbons (Fsp3) is 0.385. The number of carbonyl (C=O) groups is 3. The maximum absolute atomic E-state index is 13.6. The van der Waals surface area contributed by atoms with Gasteiger partial charge in [-0.25, -0.2) is 4.98 Å². The van der Waals surface area contributed by atoms with Gasteiger partial charge in [-0.1, -0.05) is 30.3 Å². The molecule has 0 unspecified atom stereocenters. The molecule has 0 bridgehead atoms. The molecule has 172 valence electrons. The number of amides is 1. The third kappa shape index (κ3) is 4.98. The molecule has 0 spiro atoms. The Bertz CT molecular complexity index is 1210. The van der Waals surface area contributed by atoms with Crippen molar-refractivity contribution in [3.63, 3.8) is 0 Å². The number of aromatic nitrogens is 1. The molecular formula is C26H28N2O4S. The molecule has 1 aliphatic carbocycles. The van der Waals surface area contributed by atoms with Gasteiger partial charge in [-0.2, -0.15) is 0 Å². The monoisotopic (exact) mass is 464 g/mol. The lowest BCUT2D eigenvalue weighted by molar-refractivity contribution is -0.159. The van der Waals surface area contributed by atoms with Gasteiger partial charge < -0.3 is 10.5 Å². The fourth-order valence-electron chi connectivity index (χ4n) is 4.55. The largest absolute Gasteiger partial charge is 0.460 e. The Hall–Kier alpha value is -3.06. The second-order valence-electron chi connectivity index (χ2n) is 9.71. The number of esters is 1. The molecule has 3 aromatic rings. The number of aryl methyl sites for hydroxylation is 1. The van der Waals surface area contributed by atoms with E-state index in [2.05, 4.69) is 4.98 Å². The first-order valence-corrected chi connectivity index (χ1v) is 11.9. The third-order valence-electron chi connectivity index (χ3n) is 5.96. The summed E-state index contributed by atoms with van der Waals surface area (Å²) in [6.07, 6.45) is 1.84. The summed E-state index contributed by atoms with van der Waals surface area (Å²) in [4.78, 5) is 42.6. The average Bonchev–Trinajstić information content (AvgIpc) is 3.31. The summed E-state index contributed by atoms with van der Waals surface area (Å²) in [5.41, 5.74) is 7.25. The normalized spacial score (nSPS) is 14.8. The summed E-state index contributed by atoms with van der Waals surface area (Å²) in [5, 5.41) is 0.773. The maximum Gasteiger partial charge on any atom is 0.307 e. The molecule has 0 saturated carbocycles. The molecule has 7 heteroatoms. The van der Waals surface area contributed by atoms with Crippen molar-refractivity contribution >= 4 is 39.2 Å². The summed E-state index contributed by atoms with van der Waals surface area (Å²) >= 11 is 1.46. The number of rotatable bonds is 7. The molecule has 1 aliphatic rings. The highest BCUT2D eigenvalue weighted by Crippen LogP contribution is 2.42. The minimum Gasteiger partial charge on any atom is -0.460 e. The van der Waals surface area contributed by atoms with Crippen LogP contribution < -0.4 is 5.73 Å². The number of Topliss-reactive ketones (excluding diaryl/α,β-unsaturated/α-hetero) is 1. The van der Waals surface area contributed by atoms with Gasteiger partial charge in [-0.15, -0.1) is 11.3 Å². The predicted octanol–water partition coefficient (Wildman–Crippen LogP) is 4.41. The first-order chi connectivity index (χ1) is 15.6. The molecule has 6 nitrogen and oxygen atoms in total. The van der Waals surface area contributed by atoms with Crippen molar-refractivity contribution < 1.29 is 19.1 Å². The van der Waals surface area contributed by atoms with E-state index >= 15 is 0 Å². The van der Waals surface area contributed by atoms with Gasteiger partial charge in [-0.05, 0) is 56.9 Å². The van der Waals surface area contributed by atoms with Crippen LogP contribution in [0.5, 0.6) is 0 Å². The van der Waals surface area contributed by atoms with Crippen LogP contribution in [0.4, 0.5) is 0 Å². The van der Waals surface area contributed by atoms with Crippen molar-refractivity contribution in [2.75, 3.05) is 0 Å². The van der Waals surface area contributed by atoms with Crippen LogP contribution in [0, 0.1) is 5.41 Å². The zero-order valence-corrected chi connectivity index (χ0v) is 20.0. The van der Waals surface area contributed by atoms with Gasteiger partial charge in [0, 0.05) is 18.3 Å². The van der Waals surface area contributed by atoms with Gasteiger partial charge >= 0.3 is 5.97 Å². The van der Waals surface area contributed by atoms with E-state index in [1.165, 1.54) is 11.3 Å². The summed E-state index contributed by atoms with van der Waals surface area (Å²) in [6.45, 7) is 5.49. The minimum atomic E-state index is -0.804. The first-order valence-electron chi connectivity index (χ1n) is 11.1. The van der Waals surface area contributed by atoms with E-state index in [0.29, 0.717) is 30.3 Å². The molecule has 0 radical (unpaired) electrons. The Kier molecular flexibility index (Phi) is 6.10. The number of para-hydroxylation sites is 1. The van der Waals surface area contributed by atoms with Crippen molar-refractivity contribution in [2.24, 2.45) is 11.1 Å². The molecular weight excluding hydrogens is 436 g/mol. The molecule has 0 atom stereocenters. The first kappa shape index (κ1) is 23.1. The van der Waals surface area contributed by atoms with E-state index in [1.807, 2.05) is 51.1 Å². The number of hydrogen-bond acceptors (Lipinski definition) is 6. The van der Waals surface area contributed by atoms with Crippen molar-refractivity contribution in [3.8, 4) is 0 Å². The van der Waals surface area contributed by atoms with Crippen LogP contribution in [0.2, 0.25) is 0 Å². The summed E-state index contributed by atoms with van der Waals surface area (Å²) in [7, 11) is 0. The lowest BCUT2D eigenvalue weighted by Crippen LogP contribution is -2.37. The molecule has 2 N–H and O–H groups in total. The fourth-order valence-corrected chi connectivity index (χ4v) is 5.55. The number of benzene rings is 2. The van der Waals surface area contributed by atoms with Crippen LogP contribution in [-0.2, 0) is 33.6 Å². The van der Waals surface area contributed by atoms with Crippen LogP contribution in [0.15, 0.2) is 42.5 Å². The Balaban J connectivity index is 1.55. The Morgan fingerprint density at radius 3 is 2.33 bits per heavy atom. The van der Waals surface area contributed by atoms with Gasteiger partial charge in [0.15, 0.2) is 0 Å². The lowest BCUT2D eigenvalue weighted by atomic mass is 9.76. The lowest BCUT2D eigenvalue weighted by Gasteiger charge is -2.28. The number of ether oxygens (including phenoxy) is 1. The van der Waals surface area contributed by atoms with Crippen LogP contribution in [0.25, 0.3) is 10.2 Å². The SMILES string of the molecule is CC(C)(C)OC(=O)CC1(C(=O)CCc2nc3c(C(N)=O)cccc3s2)Cc2ccccc2C1. The topological polar surface area (TPSA) is 99.3 Å². The van der Waals surface area contributed by atoms with Gasteiger partial charge in [0.05, 0.1) is 27.2 Å². The van der Waals surface area contributed by atoms with Gasteiger partial charge in [-0.3, -0.25) is 14.4 Å². The van der Waals surface area contributed by atoms with E-state index in [9.17, 15) is 14.4 Å². The number of nitrogens with two attached hydrogens (primary N) is 1. The van der Waals surface area contributed by atoms with Crippen molar-refractivity contribution in [1.82, 2.24) is 4.98 Å². The van der Waals surface area contributed by atoms with Crippen LogP contribution in [-0.4, -0.2) is 28.2 Å². The molecule has 4 rings (SSSR count). The second-order valence-corrected chi connectivity index (χ2v) is 10.8. The molecule has 1 amide bonds. The number of nitrogens with zero attached hydrogens (tertiary/aromatic N) is 1. The molecule has 0 fully saturated rings. The minimum absolute atomic E-state index is 0.0407. The van der Waals surface area contributed by atoms with E-state index in [-0.39, 0.29) is 24.6 Å². The van der Waals surface area contributed by atoms with Gasteiger partial charge in [0.1, 0.15) is 11.4 Å². The molecule has 0 aliphatic heterocycles. The van der Waals surface area contributed by atoms with E-state index in [0.717, 1.165) is 20.8 Å². The van der Waals surface area contributed by atoms with Crippen LogP contribution in [0.1, 0.15) is 60.1 Å². The van der Waals surface area contributed by atoms with Gasteiger partial charge in [0.25, 0.3) is 5.91 Å². The summed E-state index contributed by atoms with van der Waals surface area (Å²) in [6, 6.07) is 13.3. The maximum atomic E-state index is 13.6. The van der Waals surface area contributed by atoms with Crippen molar-refractivity contribution in [1.29, 1.82) is 0 Å². The number of carbonyl (C=O) groups excluding carboxylic acids is 3. The smallest absolute Gasteiger partial charge is 0.307 e. The van der Waals surface area contributed by atoms with Gasteiger partial charge in [0.2, 0.25) is 0 Å². The second kappa shape index (κ2) is 8.71. The molecule has 33 heavy (non-hydrogen) atoms. The molecule has 1 heterocycles. The number of hydrogen-bond donors (Lipinski definition) is 1. The highest BCUT2D eigenvalue weighted by molar-refractivity contribution is 7.18. The summed E-state index contributed by atoms with van der Waals surface area (Å²) < 4.78 is 6.43. The quantitative estimate of drug-likeness (QED) is 0.522. The number of thiazole rings is 1. The standard InChI is InChI=1S/C26H28N2O4S/c1-25(2,3)32-22(30)15-26(13-16-7-4-5-8-17(16)14-26)20(29)11-12-21-28-23-18(24(27)31)9-6-10-19(23)33-21/h4-10H,11-15H2,1-3H3,(H2,27,31). The van der Waals surface area contributed by atoms with Crippen LogP contribution in [0.3, 0.4) is 0 Å². The average molecular weight is 465 g/mol. The predicted molar refractivity (Wildman–Crippen MR) is 128 cm³/mol. The Morgan fingerprint density at radius 1 is 1.06 bits per heavy atom. The van der Waals surface area contributed by atoms with E-state index < -0.39 is 16.9 Å². The molecule has 0 saturated heterocycles. The zero-order valence-electron chi connectivity index (χ0n) is 19.1. The zero-order chi connectivity index (χ0) is 23.8. The molecule has 1 aromatic heterocycles.